The van der Waals surface area contributed by atoms with Crippen LogP contribution in [-0.4, -0.2) is 140 Å². The SMILES string of the molecule is Nc1ncnc2c1c(-c1ccc(Oc3ccccc3)cc1)nn2C1CCN(C2CN(C3CCN(C4CCN(c5ccc6c(c5)C(=O)N(C5CCC(=O)NC5=O)C6=O)CC4)CC3)C2)CC1. The highest BCUT2D eigenvalue weighted by Gasteiger charge is 2.45. The number of ether oxygens (including phenoxy) is 1. The standard InChI is InChI=1S/C48H53N11O5/c49-44-42-43(30-6-9-37(10-7-30)64-36-4-2-1-3-5-36)53-59(45(42)51-29-50-44)33-18-24-56(25-19-33)35-27-57(28-35)32-16-20-54(21-17-32)31-14-22-55(23-15-31)34-8-11-38-39(26-34)48(63)58(47(38)62)40-12-13-41(60)52-46(40)61/h1-11,26,29,31-33,35,40H,12-25,27-28H2,(H2,49,50,51)(H,52,60,61). The Labute approximate surface area is 371 Å². The summed E-state index contributed by atoms with van der Waals surface area (Å²) in [5.41, 5.74) is 10.6. The van der Waals surface area contributed by atoms with Crippen LogP contribution >= 0.6 is 0 Å². The summed E-state index contributed by atoms with van der Waals surface area (Å²) in [5, 5.41) is 8.21. The van der Waals surface area contributed by atoms with Crippen molar-refractivity contribution < 1.29 is 23.9 Å². The fourth-order valence-electron chi connectivity index (χ4n) is 11.0. The Hall–Kier alpha value is -6.23. The van der Waals surface area contributed by atoms with Gasteiger partial charge >= 0.3 is 0 Å². The number of carbonyl (C=O) groups excluding carboxylic acids is 4. The van der Waals surface area contributed by atoms with Crippen molar-refractivity contribution in [1.29, 1.82) is 0 Å². The largest absolute Gasteiger partial charge is 0.457 e. The number of para-hydroxylation sites is 1. The van der Waals surface area contributed by atoms with Gasteiger partial charge in [0, 0.05) is 75.1 Å². The van der Waals surface area contributed by atoms with Gasteiger partial charge in [-0.1, -0.05) is 18.2 Å². The summed E-state index contributed by atoms with van der Waals surface area (Å²) in [6.07, 6.45) is 8.29. The van der Waals surface area contributed by atoms with Crippen molar-refractivity contribution in [2.24, 2.45) is 0 Å². The van der Waals surface area contributed by atoms with Gasteiger partial charge in [-0.05, 0) is 113 Å². The number of nitrogen functional groups attached to an aromatic ring is 1. The number of fused-ring (bicyclic) bond motifs is 2. The predicted octanol–water partition coefficient (Wildman–Crippen LogP) is 4.72. The van der Waals surface area contributed by atoms with Crippen molar-refractivity contribution in [3.8, 4) is 22.8 Å². The summed E-state index contributed by atoms with van der Waals surface area (Å²) < 4.78 is 8.12. The zero-order chi connectivity index (χ0) is 43.5. The molecule has 0 radical (unpaired) electrons. The minimum Gasteiger partial charge on any atom is -0.457 e. The van der Waals surface area contributed by atoms with Crippen LogP contribution in [0.5, 0.6) is 11.5 Å². The Bertz CT molecular complexity index is 2590. The summed E-state index contributed by atoms with van der Waals surface area (Å²) >= 11 is 0. The van der Waals surface area contributed by atoms with E-state index in [1.54, 1.807) is 6.07 Å². The average molecular weight is 864 g/mol. The van der Waals surface area contributed by atoms with Crippen LogP contribution in [-0.2, 0) is 9.59 Å². The number of amides is 4. The number of aromatic nitrogens is 4. The molecule has 3 N–H and O–H groups in total. The number of imide groups is 2. The van der Waals surface area contributed by atoms with E-state index in [4.69, 9.17) is 15.6 Å². The zero-order valence-corrected chi connectivity index (χ0v) is 35.8. The number of rotatable bonds is 9. The molecule has 16 heteroatoms. The van der Waals surface area contributed by atoms with Crippen LogP contribution in [0.2, 0.25) is 0 Å². The van der Waals surface area contributed by atoms with Crippen LogP contribution in [0, 0.1) is 0 Å². The van der Waals surface area contributed by atoms with Gasteiger partial charge in [-0.2, -0.15) is 5.10 Å². The number of nitrogens with zero attached hydrogens (tertiary/aromatic N) is 9. The molecule has 1 unspecified atom stereocenters. The van der Waals surface area contributed by atoms with Crippen molar-refractivity contribution in [1.82, 2.24) is 44.7 Å². The summed E-state index contributed by atoms with van der Waals surface area (Å²) in [6.45, 7) is 8.33. The molecule has 330 valence electrons. The lowest BCUT2D eigenvalue weighted by atomic mass is 9.93. The lowest BCUT2D eigenvalue weighted by Crippen LogP contribution is -2.64. The van der Waals surface area contributed by atoms with Crippen LogP contribution < -0.4 is 20.7 Å². The quantitative estimate of drug-likeness (QED) is 0.195. The Morgan fingerprint density at radius 3 is 2.00 bits per heavy atom. The smallest absolute Gasteiger partial charge is 0.262 e. The van der Waals surface area contributed by atoms with Crippen LogP contribution in [0.4, 0.5) is 11.5 Å². The van der Waals surface area contributed by atoms with Crippen molar-refractivity contribution in [3.05, 3.63) is 90.3 Å². The molecular formula is C48H53N11O5. The second-order valence-electron chi connectivity index (χ2n) is 18.2. The topological polar surface area (TPSA) is 175 Å². The van der Waals surface area contributed by atoms with Crippen LogP contribution in [0.3, 0.4) is 0 Å². The van der Waals surface area contributed by atoms with E-state index < -0.39 is 23.8 Å². The van der Waals surface area contributed by atoms with E-state index in [1.807, 2.05) is 66.7 Å². The van der Waals surface area contributed by atoms with Gasteiger partial charge in [0.15, 0.2) is 5.65 Å². The molecule has 11 rings (SSSR count). The highest BCUT2D eigenvalue weighted by molar-refractivity contribution is 6.23. The number of nitrogens with two attached hydrogens (primary N) is 1. The number of anilines is 2. The van der Waals surface area contributed by atoms with Gasteiger partial charge in [-0.15, -0.1) is 0 Å². The maximum absolute atomic E-state index is 13.4. The Balaban J connectivity index is 0.642. The monoisotopic (exact) mass is 863 g/mol. The molecule has 3 aromatic carbocycles. The predicted molar refractivity (Wildman–Crippen MR) is 240 cm³/mol. The Morgan fingerprint density at radius 1 is 0.641 bits per heavy atom. The van der Waals surface area contributed by atoms with E-state index in [0.717, 1.165) is 122 Å². The second kappa shape index (κ2) is 16.7. The maximum atomic E-state index is 13.4. The number of piperidine rings is 4. The second-order valence-corrected chi connectivity index (χ2v) is 18.2. The Kier molecular flexibility index (Phi) is 10.6. The van der Waals surface area contributed by atoms with Gasteiger partial charge in [0.2, 0.25) is 11.8 Å². The number of benzene rings is 3. The molecule has 0 bridgehead atoms. The molecule has 2 aromatic heterocycles. The first kappa shape index (κ1) is 40.5. The molecule has 0 aliphatic carbocycles. The van der Waals surface area contributed by atoms with E-state index in [0.29, 0.717) is 35.1 Å². The molecule has 16 nitrogen and oxygen atoms in total. The van der Waals surface area contributed by atoms with E-state index in [2.05, 4.69) is 39.6 Å². The summed E-state index contributed by atoms with van der Waals surface area (Å²) in [7, 11) is 0. The van der Waals surface area contributed by atoms with Crippen molar-refractivity contribution >= 4 is 46.2 Å². The van der Waals surface area contributed by atoms with Gasteiger partial charge in [-0.3, -0.25) is 39.2 Å². The van der Waals surface area contributed by atoms with Gasteiger partial charge in [0.05, 0.1) is 22.6 Å². The highest BCUT2D eigenvalue weighted by atomic mass is 16.5. The van der Waals surface area contributed by atoms with Crippen molar-refractivity contribution in [3.63, 3.8) is 0 Å². The third-order valence-corrected chi connectivity index (χ3v) is 14.7. The lowest BCUT2D eigenvalue weighted by Gasteiger charge is -2.52. The zero-order valence-electron chi connectivity index (χ0n) is 35.8. The van der Waals surface area contributed by atoms with E-state index in [1.165, 1.54) is 19.2 Å². The molecule has 6 aliphatic heterocycles. The van der Waals surface area contributed by atoms with Gasteiger partial charge in [-0.25, -0.2) is 14.6 Å². The molecule has 6 aliphatic rings. The average Bonchev–Trinajstić information content (AvgIpc) is 3.82. The van der Waals surface area contributed by atoms with Crippen LogP contribution in [0.25, 0.3) is 22.3 Å². The minimum atomic E-state index is -0.958. The lowest BCUT2D eigenvalue weighted by molar-refractivity contribution is -0.136. The molecule has 5 fully saturated rings. The van der Waals surface area contributed by atoms with Gasteiger partial charge in [0.25, 0.3) is 11.8 Å². The molecule has 1 atom stereocenters. The minimum absolute atomic E-state index is 0.105. The molecule has 0 spiro atoms. The highest BCUT2D eigenvalue weighted by Crippen LogP contribution is 2.37. The first-order valence-electron chi connectivity index (χ1n) is 22.9. The van der Waals surface area contributed by atoms with Crippen molar-refractivity contribution in [2.45, 2.75) is 81.6 Å². The number of hydrogen-bond acceptors (Lipinski definition) is 13. The van der Waals surface area contributed by atoms with Crippen molar-refractivity contribution in [2.75, 3.05) is 63.0 Å². The summed E-state index contributed by atoms with van der Waals surface area (Å²) in [6, 6.07) is 24.2. The molecule has 4 amide bonds. The first-order chi connectivity index (χ1) is 31.3. The number of carbonyl (C=O) groups is 4. The molecule has 0 saturated carbocycles. The molecule has 5 saturated heterocycles. The fourth-order valence-corrected chi connectivity index (χ4v) is 11.0. The molecule has 5 aromatic rings. The fraction of sp³-hybridized carbons (Fsp3) is 0.438. The summed E-state index contributed by atoms with van der Waals surface area (Å²) in [5.74, 6) is 0.0816. The molecule has 64 heavy (non-hydrogen) atoms. The third kappa shape index (κ3) is 7.46. The maximum Gasteiger partial charge on any atom is 0.262 e. The van der Waals surface area contributed by atoms with E-state index in [9.17, 15) is 19.2 Å². The number of hydrogen-bond donors (Lipinski definition) is 2. The van der Waals surface area contributed by atoms with E-state index in [-0.39, 0.29) is 24.8 Å². The van der Waals surface area contributed by atoms with Crippen LogP contribution in [0.1, 0.15) is 78.1 Å². The number of likely N-dealkylation sites (tertiary alicyclic amines) is 3. The molecule has 8 heterocycles. The first-order valence-corrected chi connectivity index (χ1v) is 22.9. The summed E-state index contributed by atoms with van der Waals surface area (Å²) in [4.78, 5) is 71.2. The third-order valence-electron chi connectivity index (χ3n) is 14.7. The normalized spacial score (nSPS) is 22.6. The van der Waals surface area contributed by atoms with Crippen LogP contribution in [0.15, 0.2) is 79.1 Å². The van der Waals surface area contributed by atoms with E-state index >= 15 is 0 Å². The Morgan fingerprint density at radius 2 is 1.28 bits per heavy atom. The molecular weight excluding hydrogens is 811 g/mol. The number of nitrogens with one attached hydrogen (secondary N) is 1. The van der Waals surface area contributed by atoms with Gasteiger partial charge < -0.3 is 20.3 Å². The van der Waals surface area contributed by atoms with Gasteiger partial charge in [0.1, 0.15) is 35.4 Å².